The van der Waals surface area contributed by atoms with Crippen molar-refractivity contribution in [1.82, 2.24) is 4.90 Å². The predicted octanol–water partition coefficient (Wildman–Crippen LogP) is 3.96. The van der Waals surface area contributed by atoms with E-state index in [9.17, 15) is 4.79 Å². The lowest BCUT2D eigenvalue weighted by atomic mass is 9.93. The summed E-state index contributed by atoms with van der Waals surface area (Å²) < 4.78 is 0. The third-order valence-electron chi connectivity index (χ3n) is 5.10. The molecule has 4 heteroatoms. The Labute approximate surface area is 156 Å². The number of anilines is 2. The number of hydrogen-bond acceptors (Lipinski definition) is 3. The van der Waals surface area contributed by atoms with Crippen molar-refractivity contribution in [3.63, 3.8) is 0 Å². The van der Waals surface area contributed by atoms with Gasteiger partial charge in [0.05, 0.1) is 5.92 Å². The maximum absolute atomic E-state index is 12.8. The van der Waals surface area contributed by atoms with Crippen LogP contribution in [0.2, 0.25) is 0 Å². The molecule has 1 atom stereocenters. The molecule has 2 aromatic carbocycles. The smallest absolute Gasteiger partial charge is 0.231 e. The van der Waals surface area contributed by atoms with Gasteiger partial charge in [-0.15, -0.1) is 0 Å². The molecule has 1 fully saturated rings. The Kier molecular flexibility index (Phi) is 6.29. The Hall–Kier alpha value is -2.33. The van der Waals surface area contributed by atoms with Crippen molar-refractivity contribution < 1.29 is 4.79 Å². The Morgan fingerprint density at radius 2 is 1.65 bits per heavy atom. The molecule has 0 spiro atoms. The standard InChI is InChI=1S/C22H29N3O/c1-3-7-21(18-8-5-4-6-9-18)22(26)23-19-10-12-20(13-11-19)25-16-14-24(2)15-17-25/h4-6,8-13,21H,3,7,14-17H2,1-2H3,(H,23,26). The lowest BCUT2D eigenvalue weighted by molar-refractivity contribution is -0.117. The minimum Gasteiger partial charge on any atom is -0.369 e. The zero-order valence-electron chi connectivity index (χ0n) is 15.8. The lowest BCUT2D eigenvalue weighted by Crippen LogP contribution is -2.44. The van der Waals surface area contributed by atoms with E-state index in [0.29, 0.717) is 0 Å². The summed E-state index contributed by atoms with van der Waals surface area (Å²) in [6.45, 7) is 6.40. The van der Waals surface area contributed by atoms with E-state index in [1.807, 2.05) is 42.5 Å². The van der Waals surface area contributed by atoms with Crippen LogP contribution in [0.25, 0.3) is 0 Å². The molecule has 0 saturated carbocycles. The zero-order valence-corrected chi connectivity index (χ0v) is 15.8. The van der Waals surface area contributed by atoms with Crippen molar-refractivity contribution in [2.45, 2.75) is 25.7 Å². The summed E-state index contributed by atoms with van der Waals surface area (Å²) in [5, 5.41) is 3.10. The highest BCUT2D eigenvalue weighted by Crippen LogP contribution is 2.24. The van der Waals surface area contributed by atoms with E-state index in [2.05, 4.69) is 41.2 Å². The minimum absolute atomic E-state index is 0.0744. The third kappa shape index (κ3) is 4.64. The number of nitrogens with one attached hydrogen (secondary N) is 1. The maximum atomic E-state index is 12.8. The van der Waals surface area contributed by atoms with Crippen molar-refractivity contribution >= 4 is 17.3 Å². The van der Waals surface area contributed by atoms with E-state index in [1.165, 1.54) is 5.69 Å². The monoisotopic (exact) mass is 351 g/mol. The van der Waals surface area contributed by atoms with Gasteiger partial charge in [-0.25, -0.2) is 0 Å². The fraction of sp³-hybridized carbons (Fsp3) is 0.409. The first kappa shape index (κ1) is 18.5. The molecule has 138 valence electrons. The second-order valence-corrected chi connectivity index (χ2v) is 7.08. The molecule has 1 amide bonds. The number of rotatable bonds is 6. The van der Waals surface area contributed by atoms with Crippen LogP contribution >= 0.6 is 0 Å². The molecule has 0 radical (unpaired) electrons. The van der Waals surface area contributed by atoms with E-state index < -0.39 is 0 Å². The molecule has 1 aliphatic heterocycles. The minimum atomic E-state index is -0.0986. The van der Waals surface area contributed by atoms with Gasteiger partial charge in [-0.2, -0.15) is 0 Å². The predicted molar refractivity (Wildman–Crippen MR) is 109 cm³/mol. The number of nitrogens with zero attached hydrogens (tertiary/aromatic N) is 2. The maximum Gasteiger partial charge on any atom is 0.231 e. The molecule has 1 aliphatic rings. The Morgan fingerprint density at radius 3 is 2.27 bits per heavy atom. The van der Waals surface area contributed by atoms with Gasteiger partial charge in [-0.3, -0.25) is 4.79 Å². The molecule has 1 heterocycles. The molecular weight excluding hydrogens is 322 g/mol. The Morgan fingerprint density at radius 1 is 1.00 bits per heavy atom. The number of benzene rings is 2. The molecule has 4 nitrogen and oxygen atoms in total. The molecule has 2 aromatic rings. The number of amides is 1. The second kappa shape index (κ2) is 8.86. The highest BCUT2D eigenvalue weighted by atomic mass is 16.1. The highest BCUT2D eigenvalue weighted by molar-refractivity contribution is 5.96. The van der Waals surface area contributed by atoms with Crippen LogP contribution in [0.1, 0.15) is 31.2 Å². The van der Waals surface area contributed by atoms with Crippen molar-refractivity contribution in [2.24, 2.45) is 0 Å². The fourth-order valence-corrected chi connectivity index (χ4v) is 3.47. The molecule has 0 aromatic heterocycles. The van der Waals surface area contributed by atoms with Gasteiger partial charge >= 0.3 is 0 Å². The third-order valence-corrected chi connectivity index (χ3v) is 5.10. The Balaban J connectivity index is 1.65. The van der Waals surface area contributed by atoms with Crippen LogP contribution in [0.4, 0.5) is 11.4 Å². The lowest BCUT2D eigenvalue weighted by Gasteiger charge is -2.34. The summed E-state index contributed by atoms with van der Waals surface area (Å²) in [5.74, 6) is -0.0242. The molecule has 3 rings (SSSR count). The number of likely N-dealkylation sites (N-methyl/N-ethyl adjacent to an activating group) is 1. The van der Waals surface area contributed by atoms with Crippen LogP contribution in [-0.2, 0) is 4.79 Å². The van der Waals surface area contributed by atoms with Gasteiger partial charge in [0, 0.05) is 37.6 Å². The molecule has 26 heavy (non-hydrogen) atoms. The summed E-state index contributed by atoms with van der Waals surface area (Å²) in [7, 11) is 2.16. The summed E-state index contributed by atoms with van der Waals surface area (Å²) >= 11 is 0. The summed E-state index contributed by atoms with van der Waals surface area (Å²) in [4.78, 5) is 17.5. The van der Waals surface area contributed by atoms with Gasteiger partial charge in [0.25, 0.3) is 0 Å². The van der Waals surface area contributed by atoms with Gasteiger partial charge in [-0.1, -0.05) is 43.7 Å². The normalized spacial score (nSPS) is 16.3. The molecule has 0 bridgehead atoms. The number of carbonyl (C=O) groups excluding carboxylic acids is 1. The molecular formula is C22H29N3O. The van der Waals surface area contributed by atoms with Gasteiger partial charge in [0.1, 0.15) is 0 Å². The van der Waals surface area contributed by atoms with Crippen LogP contribution in [0, 0.1) is 0 Å². The van der Waals surface area contributed by atoms with Gasteiger partial charge in [0.2, 0.25) is 5.91 Å². The largest absolute Gasteiger partial charge is 0.369 e. The first-order valence-corrected chi connectivity index (χ1v) is 9.56. The van der Waals surface area contributed by atoms with Crippen LogP contribution in [0.3, 0.4) is 0 Å². The van der Waals surface area contributed by atoms with Gasteiger partial charge in [0.15, 0.2) is 0 Å². The average Bonchev–Trinajstić information content (AvgIpc) is 2.68. The molecule has 1 N–H and O–H groups in total. The first-order valence-electron chi connectivity index (χ1n) is 9.56. The van der Waals surface area contributed by atoms with Crippen LogP contribution in [0.5, 0.6) is 0 Å². The number of carbonyl (C=O) groups is 1. The van der Waals surface area contributed by atoms with Crippen LogP contribution < -0.4 is 10.2 Å². The first-order chi connectivity index (χ1) is 12.7. The van der Waals surface area contributed by atoms with Gasteiger partial charge in [-0.05, 0) is 43.3 Å². The van der Waals surface area contributed by atoms with Crippen LogP contribution in [0.15, 0.2) is 54.6 Å². The zero-order chi connectivity index (χ0) is 18.4. The van der Waals surface area contributed by atoms with E-state index in [4.69, 9.17) is 0 Å². The quantitative estimate of drug-likeness (QED) is 0.856. The summed E-state index contributed by atoms with van der Waals surface area (Å²) in [6.07, 6.45) is 1.84. The van der Waals surface area contributed by atoms with E-state index in [1.54, 1.807) is 0 Å². The van der Waals surface area contributed by atoms with Crippen LogP contribution in [-0.4, -0.2) is 44.0 Å². The van der Waals surface area contributed by atoms with E-state index in [-0.39, 0.29) is 11.8 Å². The summed E-state index contributed by atoms with van der Waals surface area (Å²) in [6, 6.07) is 18.3. The van der Waals surface area contributed by atoms with E-state index >= 15 is 0 Å². The van der Waals surface area contributed by atoms with Crippen molar-refractivity contribution in [1.29, 1.82) is 0 Å². The molecule has 0 aliphatic carbocycles. The Bertz CT molecular complexity index is 691. The number of hydrogen-bond donors (Lipinski definition) is 1. The average molecular weight is 351 g/mol. The molecule has 1 unspecified atom stereocenters. The topological polar surface area (TPSA) is 35.6 Å². The fourth-order valence-electron chi connectivity index (χ4n) is 3.47. The van der Waals surface area contributed by atoms with Crippen molar-refractivity contribution in [3.8, 4) is 0 Å². The van der Waals surface area contributed by atoms with Gasteiger partial charge < -0.3 is 15.1 Å². The highest BCUT2D eigenvalue weighted by Gasteiger charge is 2.20. The van der Waals surface area contributed by atoms with E-state index in [0.717, 1.165) is 50.3 Å². The van der Waals surface area contributed by atoms with Crippen molar-refractivity contribution in [2.75, 3.05) is 43.4 Å². The molecule has 1 saturated heterocycles. The second-order valence-electron chi connectivity index (χ2n) is 7.08. The SMILES string of the molecule is CCCC(C(=O)Nc1ccc(N2CCN(C)CC2)cc1)c1ccccc1. The number of piperazine rings is 1. The van der Waals surface area contributed by atoms with Crippen molar-refractivity contribution in [3.05, 3.63) is 60.2 Å². The summed E-state index contributed by atoms with van der Waals surface area (Å²) in [5.41, 5.74) is 3.18.